The molecule has 1 aliphatic carbocycles. The second-order valence-electron chi connectivity index (χ2n) is 4.61. The maximum Gasteiger partial charge on any atom is 0.308 e. The lowest BCUT2D eigenvalue weighted by molar-refractivity contribution is -0.143. The van der Waals surface area contributed by atoms with Crippen molar-refractivity contribution in [3.05, 3.63) is 28.4 Å². The number of carboxylic acid groups (broad SMARTS) is 1. The van der Waals surface area contributed by atoms with Gasteiger partial charge in [-0.15, -0.1) is 0 Å². The predicted octanol–water partition coefficient (Wildman–Crippen LogP) is 0.143. The lowest BCUT2D eigenvalue weighted by Gasteiger charge is -2.29. The number of amides is 1. The number of rotatable bonds is 3. The monoisotopic (exact) mass is 265 g/mol. The van der Waals surface area contributed by atoms with Crippen molar-refractivity contribution in [1.82, 2.24) is 15.3 Å². The van der Waals surface area contributed by atoms with Crippen molar-refractivity contribution in [2.45, 2.75) is 31.7 Å². The highest BCUT2D eigenvalue weighted by Gasteiger charge is 2.32. The van der Waals surface area contributed by atoms with Crippen LogP contribution in [0.3, 0.4) is 0 Å². The highest BCUT2D eigenvalue weighted by Crippen LogP contribution is 2.24. The Kier molecular flexibility index (Phi) is 3.94. The van der Waals surface area contributed by atoms with Gasteiger partial charge in [-0.3, -0.25) is 14.4 Å². The number of aromatic amines is 1. The molecule has 0 aromatic carbocycles. The third-order valence-corrected chi connectivity index (χ3v) is 3.30. The van der Waals surface area contributed by atoms with Gasteiger partial charge in [-0.05, 0) is 12.8 Å². The van der Waals surface area contributed by atoms with Gasteiger partial charge in [0.25, 0.3) is 11.5 Å². The lowest BCUT2D eigenvalue weighted by atomic mass is 9.84. The number of hydrogen-bond donors (Lipinski definition) is 3. The van der Waals surface area contributed by atoms with Gasteiger partial charge in [-0.1, -0.05) is 12.8 Å². The first kappa shape index (κ1) is 13.3. The van der Waals surface area contributed by atoms with Crippen LogP contribution in [0.25, 0.3) is 0 Å². The van der Waals surface area contributed by atoms with Crippen molar-refractivity contribution >= 4 is 11.9 Å². The van der Waals surface area contributed by atoms with E-state index in [9.17, 15) is 14.4 Å². The van der Waals surface area contributed by atoms with Gasteiger partial charge in [0, 0.05) is 12.2 Å². The molecule has 3 N–H and O–H groups in total. The fourth-order valence-electron chi connectivity index (χ4n) is 2.31. The van der Waals surface area contributed by atoms with Gasteiger partial charge < -0.3 is 15.4 Å². The largest absolute Gasteiger partial charge is 0.481 e. The summed E-state index contributed by atoms with van der Waals surface area (Å²) >= 11 is 0. The summed E-state index contributed by atoms with van der Waals surface area (Å²) in [6.45, 7) is 0. The molecule has 0 aliphatic heterocycles. The average Bonchev–Trinajstić information content (AvgIpc) is 2.39. The molecule has 0 saturated heterocycles. The minimum atomic E-state index is -0.889. The molecule has 2 rings (SSSR count). The number of nitrogens with zero attached hydrogens (tertiary/aromatic N) is 1. The van der Waals surface area contributed by atoms with Crippen LogP contribution in [0, 0.1) is 5.92 Å². The molecule has 2 atom stereocenters. The summed E-state index contributed by atoms with van der Waals surface area (Å²) in [6.07, 6.45) is 5.21. The van der Waals surface area contributed by atoms with Crippen LogP contribution in [0.4, 0.5) is 0 Å². The zero-order valence-electron chi connectivity index (χ0n) is 10.3. The number of nitrogens with one attached hydrogen (secondary N) is 2. The number of carboxylic acids is 1. The summed E-state index contributed by atoms with van der Waals surface area (Å²) in [6, 6.07) is -0.382. The Morgan fingerprint density at radius 1 is 1.37 bits per heavy atom. The van der Waals surface area contributed by atoms with Crippen LogP contribution in [-0.4, -0.2) is 33.0 Å². The van der Waals surface area contributed by atoms with E-state index >= 15 is 0 Å². The van der Waals surface area contributed by atoms with Crippen molar-refractivity contribution in [1.29, 1.82) is 0 Å². The zero-order chi connectivity index (χ0) is 13.8. The Morgan fingerprint density at radius 3 is 2.74 bits per heavy atom. The predicted molar refractivity (Wildman–Crippen MR) is 65.7 cm³/mol. The molecule has 0 spiro atoms. The van der Waals surface area contributed by atoms with Crippen molar-refractivity contribution < 1.29 is 14.7 Å². The smallest absolute Gasteiger partial charge is 0.308 e. The Labute approximate surface area is 109 Å². The van der Waals surface area contributed by atoms with Crippen molar-refractivity contribution in [3.8, 4) is 0 Å². The SMILES string of the molecule is O=C(NC1CCCCC1C(=O)O)c1c[nH]c(=O)cn1. The minimum absolute atomic E-state index is 0.0781. The number of hydrogen-bond acceptors (Lipinski definition) is 4. The van der Waals surface area contributed by atoms with E-state index in [0.29, 0.717) is 12.8 Å². The molecule has 2 unspecified atom stereocenters. The Balaban J connectivity index is 2.06. The molecule has 1 amide bonds. The molecule has 1 fully saturated rings. The zero-order valence-corrected chi connectivity index (χ0v) is 10.3. The van der Waals surface area contributed by atoms with Crippen molar-refractivity contribution in [2.24, 2.45) is 5.92 Å². The molecule has 1 aliphatic rings. The van der Waals surface area contributed by atoms with E-state index in [1.165, 1.54) is 6.20 Å². The fourth-order valence-corrected chi connectivity index (χ4v) is 2.31. The molecular formula is C12H15N3O4. The second kappa shape index (κ2) is 5.64. The Morgan fingerprint density at radius 2 is 2.11 bits per heavy atom. The van der Waals surface area contributed by atoms with E-state index in [1.807, 2.05) is 0 Å². The Bertz CT molecular complexity index is 520. The molecule has 1 aromatic heterocycles. The number of aliphatic carboxylic acids is 1. The minimum Gasteiger partial charge on any atom is -0.481 e. The molecule has 7 nitrogen and oxygen atoms in total. The van der Waals surface area contributed by atoms with E-state index < -0.39 is 23.4 Å². The van der Waals surface area contributed by atoms with Gasteiger partial charge in [0.05, 0.1) is 12.1 Å². The molecule has 1 heterocycles. The number of H-pyrrole nitrogens is 1. The molecule has 1 saturated carbocycles. The number of carbonyl (C=O) groups excluding carboxylic acids is 1. The van der Waals surface area contributed by atoms with Crippen LogP contribution in [0.15, 0.2) is 17.2 Å². The summed E-state index contributed by atoms with van der Waals surface area (Å²) in [4.78, 5) is 39.9. The van der Waals surface area contributed by atoms with Gasteiger partial charge in [0.1, 0.15) is 5.69 Å². The molecule has 1 aromatic rings. The molecule has 0 radical (unpaired) electrons. The van der Waals surface area contributed by atoms with E-state index in [0.717, 1.165) is 19.0 Å². The van der Waals surface area contributed by atoms with Crippen LogP contribution in [0.1, 0.15) is 36.2 Å². The summed E-state index contributed by atoms with van der Waals surface area (Å²) in [7, 11) is 0. The van der Waals surface area contributed by atoms with Crippen LogP contribution in [0.2, 0.25) is 0 Å². The van der Waals surface area contributed by atoms with Crippen LogP contribution in [-0.2, 0) is 4.79 Å². The summed E-state index contributed by atoms with van der Waals surface area (Å²) in [5, 5.41) is 11.8. The first-order chi connectivity index (χ1) is 9.08. The van der Waals surface area contributed by atoms with E-state index in [-0.39, 0.29) is 11.7 Å². The van der Waals surface area contributed by atoms with Crippen LogP contribution < -0.4 is 10.9 Å². The average molecular weight is 265 g/mol. The Hall–Kier alpha value is -2.18. The maximum absolute atomic E-state index is 11.9. The molecule has 0 bridgehead atoms. The highest BCUT2D eigenvalue weighted by atomic mass is 16.4. The molecular weight excluding hydrogens is 250 g/mol. The number of aromatic nitrogens is 2. The van der Waals surface area contributed by atoms with Crippen LogP contribution in [0.5, 0.6) is 0 Å². The third-order valence-electron chi connectivity index (χ3n) is 3.30. The van der Waals surface area contributed by atoms with Crippen molar-refractivity contribution in [3.63, 3.8) is 0 Å². The quantitative estimate of drug-likeness (QED) is 0.719. The van der Waals surface area contributed by atoms with Crippen LogP contribution >= 0.6 is 0 Å². The van der Waals surface area contributed by atoms with Gasteiger partial charge >= 0.3 is 5.97 Å². The van der Waals surface area contributed by atoms with Gasteiger partial charge in [0.2, 0.25) is 0 Å². The number of carbonyl (C=O) groups is 2. The van der Waals surface area contributed by atoms with Gasteiger partial charge in [-0.25, -0.2) is 4.98 Å². The normalized spacial score (nSPS) is 22.7. The van der Waals surface area contributed by atoms with Gasteiger partial charge in [0.15, 0.2) is 0 Å². The molecule has 7 heteroatoms. The molecule has 102 valence electrons. The summed E-state index contributed by atoms with van der Waals surface area (Å²) in [5.74, 6) is -1.91. The topological polar surface area (TPSA) is 112 Å². The van der Waals surface area contributed by atoms with E-state index in [2.05, 4.69) is 15.3 Å². The van der Waals surface area contributed by atoms with E-state index in [4.69, 9.17) is 5.11 Å². The van der Waals surface area contributed by atoms with Gasteiger partial charge in [-0.2, -0.15) is 0 Å². The highest BCUT2D eigenvalue weighted by molar-refractivity contribution is 5.92. The maximum atomic E-state index is 11.9. The lowest BCUT2D eigenvalue weighted by Crippen LogP contribution is -2.45. The second-order valence-corrected chi connectivity index (χ2v) is 4.61. The first-order valence-electron chi connectivity index (χ1n) is 6.16. The summed E-state index contributed by atoms with van der Waals surface area (Å²) in [5.41, 5.74) is -0.313. The van der Waals surface area contributed by atoms with Crippen molar-refractivity contribution in [2.75, 3.05) is 0 Å². The molecule has 19 heavy (non-hydrogen) atoms. The third kappa shape index (κ3) is 3.18. The summed E-state index contributed by atoms with van der Waals surface area (Å²) < 4.78 is 0. The van der Waals surface area contributed by atoms with E-state index in [1.54, 1.807) is 0 Å². The first-order valence-corrected chi connectivity index (χ1v) is 6.16. The fraction of sp³-hybridized carbons (Fsp3) is 0.500. The standard InChI is InChI=1S/C12H15N3O4/c16-10-6-13-9(5-14-10)11(17)15-8-4-2-1-3-7(8)12(18)19/h5-8H,1-4H2,(H,14,16)(H,15,17)(H,18,19).